The summed E-state index contributed by atoms with van der Waals surface area (Å²) in [6.45, 7) is 0. The Hall–Kier alpha value is -1.71. The molecule has 2 N–H and O–H groups in total. The first kappa shape index (κ1) is 16.5. The van der Waals surface area contributed by atoms with E-state index in [2.05, 4.69) is 5.32 Å². The number of hydrogen-bond donors (Lipinski definition) is 2. The smallest absolute Gasteiger partial charge is 0.335 e. The Morgan fingerprint density at radius 3 is 2.54 bits per heavy atom. The van der Waals surface area contributed by atoms with E-state index < -0.39 is 5.97 Å². The van der Waals surface area contributed by atoms with E-state index in [9.17, 15) is 4.79 Å². The van der Waals surface area contributed by atoms with Crippen molar-refractivity contribution in [3.8, 4) is 0 Å². The third kappa shape index (κ3) is 2.37. The van der Waals surface area contributed by atoms with E-state index >= 15 is 0 Å². The number of aromatic carboxylic acids is 1. The van der Waals surface area contributed by atoms with Gasteiger partial charge in [0.15, 0.2) is 0 Å². The number of hydrogen-bond acceptors (Lipinski definition) is 2. The summed E-state index contributed by atoms with van der Waals surface area (Å²) >= 11 is 12.9. The standard InChI is InChI=1S/C21H19Cl2NO2/c22-14-8-15(23)19-16(9-14)24-20(10-1-3-11(4-2-10)21(25)26)18-13-6-5-12(7-13)17(18)19/h1-4,8-9,12-13,17-18,20,24H,5-7H2,(H,25,26)/t12-,13-,17+,18-,20-/m0/s1. The summed E-state index contributed by atoms with van der Waals surface area (Å²) in [6, 6.07) is 11.3. The first-order valence-corrected chi connectivity index (χ1v) is 9.87. The number of rotatable bonds is 2. The van der Waals surface area contributed by atoms with E-state index in [4.69, 9.17) is 28.3 Å². The van der Waals surface area contributed by atoms with Crippen LogP contribution in [0.15, 0.2) is 36.4 Å². The molecule has 134 valence electrons. The summed E-state index contributed by atoms with van der Waals surface area (Å²) in [6.07, 6.45) is 3.81. The molecule has 2 saturated carbocycles. The van der Waals surface area contributed by atoms with E-state index in [-0.39, 0.29) is 6.04 Å². The number of nitrogens with one attached hydrogen (secondary N) is 1. The summed E-state index contributed by atoms with van der Waals surface area (Å²) in [4.78, 5) is 11.2. The molecular weight excluding hydrogens is 369 g/mol. The molecule has 0 spiro atoms. The number of fused-ring (bicyclic) bond motifs is 7. The zero-order valence-electron chi connectivity index (χ0n) is 14.1. The Morgan fingerprint density at radius 2 is 1.81 bits per heavy atom. The van der Waals surface area contributed by atoms with Gasteiger partial charge in [-0.2, -0.15) is 0 Å². The lowest BCUT2D eigenvalue weighted by molar-refractivity contribution is 0.0697. The van der Waals surface area contributed by atoms with Gasteiger partial charge in [0.05, 0.1) is 11.6 Å². The van der Waals surface area contributed by atoms with E-state index in [1.807, 2.05) is 24.3 Å². The van der Waals surface area contributed by atoms with Crippen molar-refractivity contribution in [1.82, 2.24) is 0 Å². The highest BCUT2D eigenvalue weighted by Gasteiger charge is 2.54. The number of anilines is 1. The van der Waals surface area contributed by atoms with Gasteiger partial charge in [-0.3, -0.25) is 0 Å². The molecule has 2 aromatic carbocycles. The highest BCUT2D eigenvalue weighted by molar-refractivity contribution is 6.35. The zero-order chi connectivity index (χ0) is 18.0. The predicted octanol–water partition coefficient (Wildman–Crippen LogP) is 5.99. The molecule has 0 unspecified atom stereocenters. The van der Waals surface area contributed by atoms with E-state index in [0.29, 0.717) is 34.3 Å². The van der Waals surface area contributed by atoms with Crippen LogP contribution in [-0.2, 0) is 0 Å². The van der Waals surface area contributed by atoms with Crippen molar-refractivity contribution in [1.29, 1.82) is 0 Å². The summed E-state index contributed by atoms with van der Waals surface area (Å²) in [5.41, 5.74) is 3.72. The quantitative estimate of drug-likeness (QED) is 0.665. The van der Waals surface area contributed by atoms with Gasteiger partial charge >= 0.3 is 5.97 Å². The number of benzene rings is 2. The molecule has 0 saturated heterocycles. The maximum Gasteiger partial charge on any atom is 0.335 e. The maximum absolute atomic E-state index is 11.2. The number of halogens is 2. The summed E-state index contributed by atoms with van der Waals surface area (Å²) < 4.78 is 0. The van der Waals surface area contributed by atoms with Crippen molar-refractivity contribution in [3.05, 3.63) is 63.1 Å². The minimum Gasteiger partial charge on any atom is -0.478 e. The Balaban J connectivity index is 1.61. The average Bonchev–Trinajstić information content (AvgIpc) is 3.22. The van der Waals surface area contributed by atoms with Gasteiger partial charge in [0.25, 0.3) is 0 Å². The Kier molecular flexibility index (Phi) is 3.74. The summed E-state index contributed by atoms with van der Waals surface area (Å²) in [5, 5.41) is 14.3. The van der Waals surface area contributed by atoms with Crippen LogP contribution in [0.3, 0.4) is 0 Å². The van der Waals surface area contributed by atoms with Crippen LogP contribution in [-0.4, -0.2) is 11.1 Å². The normalized spacial score (nSPS) is 31.2. The van der Waals surface area contributed by atoms with E-state index in [0.717, 1.165) is 16.3 Å². The first-order chi connectivity index (χ1) is 12.5. The molecule has 26 heavy (non-hydrogen) atoms. The van der Waals surface area contributed by atoms with Crippen LogP contribution in [0.4, 0.5) is 5.69 Å². The molecule has 3 aliphatic rings. The lowest BCUT2D eigenvalue weighted by atomic mass is 9.68. The second-order valence-corrected chi connectivity index (χ2v) is 8.68. The SMILES string of the molecule is O=C(O)c1ccc([C@@H]2Nc3cc(Cl)cc(Cl)c3[C@@H]3[C@H]4CC[C@@H](C4)[C@@H]32)cc1. The van der Waals surface area contributed by atoms with Gasteiger partial charge in [-0.1, -0.05) is 35.3 Å². The van der Waals surface area contributed by atoms with Crippen molar-refractivity contribution in [3.63, 3.8) is 0 Å². The van der Waals surface area contributed by atoms with Crippen molar-refractivity contribution in [2.45, 2.75) is 31.2 Å². The molecule has 2 fully saturated rings. The molecule has 0 radical (unpaired) electrons. The fraction of sp³-hybridized carbons (Fsp3) is 0.381. The van der Waals surface area contributed by atoms with Gasteiger partial charge in [-0.15, -0.1) is 0 Å². The van der Waals surface area contributed by atoms with Gasteiger partial charge in [-0.05, 0) is 78.3 Å². The van der Waals surface area contributed by atoms with Crippen LogP contribution in [0.2, 0.25) is 10.0 Å². The van der Waals surface area contributed by atoms with Crippen molar-refractivity contribution >= 4 is 34.9 Å². The average molecular weight is 388 g/mol. The molecule has 2 aromatic rings. The predicted molar refractivity (Wildman–Crippen MR) is 103 cm³/mol. The molecular formula is C21H19Cl2NO2. The maximum atomic E-state index is 11.2. The van der Waals surface area contributed by atoms with Crippen LogP contribution >= 0.6 is 23.2 Å². The number of carboxylic acid groups (broad SMARTS) is 1. The third-order valence-corrected chi connectivity index (χ3v) is 7.15. The number of carboxylic acids is 1. The molecule has 5 atom stereocenters. The molecule has 5 heteroatoms. The Morgan fingerprint density at radius 1 is 1.08 bits per heavy atom. The third-order valence-electron chi connectivity index (χ3n) is 6.62. The highest BCUT2D eigenvalue weighted by Crippen LogP contribution is 2.64. The minimum absolute atomic E-state index is 0.167. The van der Waals surface area contributed by atoms with Crippen LogP contribution in [0.25, 0.3) is 0 Å². The van der Waals surface area contributed by atoms with Crippen LogP contribution in [0.5, 0.6) is 0 Å². The number of carbonyl (C=O) groups is 1. The van der Waals surface area contributed by atoms with Crippen molar-refractivity contribution < 1.29 is 9.90 Å². The van der Waals surface area contributed by atoms with Gasteiger partial charge in [-0.25, -0.2) is 4.79 Å². The zero-order valence-corrected chi connectivity index (χ0v) is 15.6. The highest BCUT2D eigenvalue weighted by atomic mass is 35.5. The van der Waals surface area contributed by atoms with E-state index in [1.54, 1.807) is 12.1 Å². The molecule has 2 aliphatic carbocycles. The summed E-state index contributed by atoms with van der Waals surface area (Å²) in [5.74, 6) is 1.44. The van der Waals surface area contributed by atoms with Crippen molar-refractivity contribution in [2.75, 3.05) is 5.32 Å². The van der Waals surface area contributed by atoms with Gasteiger partial charge in [0.1, 0.15) is 0 Å². The van der Waals surface area contributed by atoms with Crippen LogP contribution in [0, 0.1) is 17.8 Å². The lowest BCUT2D eigenvalue weighted by Crippen LogP contribution is -2.35. The monoisotopic (exact) mass is 387 g/mol. The second-order valence-electron chi connectivity index (χ2n) is 7.83. The van der Waals surface area contributed by atoms with Gasteiger partial charge < -0.3 is 10.4 Å². The van der Waals surface area contributed by atoms with Gasteiger partial charge in [0.2, 0.25) is 0 Å². The van der Waals surface area contributed by atoms with E-state index in [1.165, 1.54) is 24.8 Å². The molecule has 1 aliphatic heterocycles. The topological polar surface area (TPSA) is 49.3 Å². The molecule has 2 bridgehead atoms. The molecule has 3 nitrogen and oxygen atoms in total. The van der Waals surface area contributed by atoms with Crippen LogP contribution < -0.4 is 5.32 Å². The van der Waals surface area contributed by atoms with Gasteiger partial charge in [0, 0.05) is 15.7 Å². The molecule has 1 heterocycles. The largest absolute Gasteiger partial charge is 0.478 e. The summed E-state index contributed by atoms with van der Waals surface area (Å²) in [7, 11) is 0. The van der Waals surface area contributed by atoms with Crippen LogP contribution in [0.1, 0.15) is 52.7 Å². The Bertz CT molecular complexity index is 896. The second kappa shape index (κ2) is 5.90. The molecule has 0 aromatic heterocycles. The lowest BCUT2D eigenvalue weighted by Gasteiger charge is -2.44. The Labute approximate surface area is 162 Å². The molecule has 5 rings (SSSR count). The molecule has 0 amide bonds. The fourth-order valence-corrected chi connectivity index (χ4v) is 6.31. The van der Waals surface area contributed by atoms with Crippen molar-refractivity contribution in [2.24, 2.45) is 17.8 Å². The first-order valence-electron chi connectivity index (χ1n) is 9.11. The fourth-order valence-electron chi connectivity index (χ4n) is 5.69. The minimum atomic E-state index is -0.894.